The van der Waals surface area contributed by atoms with Gasteiger partial charge in [-0.05, 0) is 84.3 Å². The molecule has 2 aliphatic heterocycles. The molecule has 1 saturated heterocycles. The van der Waals surface area contributed by atoms with Crippen molar-refractivity contribution in [1.82, 2.24) is 24.2 Å². The lowest BCUT2D eigenvalue weighted by Gasteiger charge is -2.36. The maximum atomic E-state index is 15.0. The molecule has 2 aliphatic carbocycles. The van der Waals surface area contributed by atoms with E-state index in [0.29, 0.717) is 38.5 Å². The van der Waals surface area contributed by atoms with E-state index >= 15 is 4.79 Å². The van der Waals surface area contributed by atoms with Crippen molar-refractivity contribution in [2.45, 2.75) is 62.9 Å². The van der Waals surface area contributed by atoms with Gasteiger partial charge in [-0.2, -0.15) is 8.42 Å². The summed E-state index contributed by atoms with van der Waals surface area (Å²) < 4.78 is 42.2. The van der Waals surface area contributed by atoms with Gasteiger partial charge < -0.3 is 24.3 Å². The van der Waals surface area contributed by atoms with Crippen LogP contribution in [-0.4, -0.2) is 70.6 Å². The fraction of sp³-hybridized carbons (Fsp3) is 0.436. The molecule has 2 saturated carbocycles. The number of amides is 2. The Balaban J connectivity index is 1.25. The summed E-state index contributed by atoms with van der Waals surface area (Å²) >= 11 is 0. The van der Waals surface area contributed by atoms with E-state index in [2.05, 4.69) is 43.6 Å². The van der Waals surface area contributed by atoms with Crippen LogP contribution in [-0.2, 0) is 21.5 Å². The van der Waals surface area contributed by atoms with Gasteiger partial charge in [-0.3, -0.25) is 9.59 Å². The number of piperazine rings is 1. The van der Waals surface area contributed by atoms with Gasteiger partial charge in [0.25, 0.3) is 5.91 Å². The van der Waals surface area contributed by atoms with Crippen LogP contribution < -0.4 is 24.2 Å². The molecule has 2 amide bonds. The molecule has 4 aromatic rings. The molecule has 12 heteroatoms. The number of aromatic nitrogens is 1. The zero-order chi connectivity index (χ0) is 35.5. The van der Waals surface area contributed by atoms with Crippen LogP contribution in [0.5, 0.6) is 11.5 Å². The van der Waals surface area contributed by atoms with Gasteiger partial charge in [0.05, 0.1) is 25.3 Å². The lowest BCUT2D eigenvalue weighted by atomic mass is 9.81. The topological polar surface area (TPSA) is 131 Å². The van der Waals surface area contributed by atoms with Crippen LogP contribution >= 0.6 is 0 Å². The van der Waals surface area contributed by atoms with Crippen molar-refractivity contribution >= 4 is 32.9 Å². The van der Waals surface area contributed by atoms with Crippen LogP contribution in [0.15, 0.2) is 60.7 Å². The first kappa shape index (κ1) is 33.7. The average molecular weight is 712 g/mol. The Morgan fingerprint density at radius 1 is 0.941 bits per heavy atom. The van der Waals surface area contributed by atoms with Gasteiger partial charge >= 0.3 is 10.2 Å². The molecule has 11 nitrogen and oxygen atoms in total. The Hall–Kier alpha value is -4.39. The quantitative estimate of drug-likeness (QED) is 0.228. The largest absolute Gasteiger partial charge is 0.497 e. The van der Waals surface area contributed by atoms with Crippen molar-refractivity contribution in [2.24, 2.45) is 5.41 Å². The van der Waals surface area contributed by atoms with Gasteiger partial charge in [0.15, 0.2) is 0 Å². The summed E-state index contributed by atoms with van der Waals surface area (Å²) in [4.78, 5) is 30.3. The predicted molar refractivity (Wildman–Crippen MR) is 195 cm³/mol. The molecule has 3 heterocycles. The zero-order valence-electron chi connectivity index (χ0n) is 29.3. The van der Waals surface area contributed by atoms with E-state index in [0.717, 1.165) is 70.5 Å². The van der Waals surface area contributed by atoms with Crippen LogP contribution in [0.3, 0.4) is 0 Å². The number of benzene rings is 3. The Morgan fingerprint density at radius 2 is 1.69 bits per heavy atom. The van der Waals surface area contributed by atoms with E-state index in [-0.39, 0.29) is 23.4 Å². The molecule has 0 radical (unpaired) electrons. The van der Waals surface area contributed by atoms with Crippen molar-refractivity contribution in [2.75, 3.05) is 40.9 Å². The Kier molecular flexibility index (Phi) is 8.59. The Labute approximate surface area is 298 Å². The minimum Gasteiger partial charge on any atom is -0.497 e. The van der Waals surface area contributed by atoms with Crippen molar-refractivity contribution < 1.29 is 27.5 Å². The molecular weight excluding hydrogens is 667 g/mol. The lowest BCUT2D eigenvalue weighted by molar-refractivity contribution is -0.139. The van der Waals surface area contributed by atoms with E-state index in [4.69, 9.17) is 9.47 Å². The highest BCUT2D eigenvalue weighted by molar-refractivity contribution is 7.88. The highest BCUT2D eigenvalue weighted by Crippen LogP contribution is 2.66. The number of ether oxygens (including phenoxy) is 2. The van der Waals surface area contributed by atoms with Crippen molar-refractivity contribution in [3.05, 3.63) is 82.9 Å². The van der Waals surface area contributed by atoms with Crippen molar-refractivity contribution in [3.8, 4) is 22.8 Å². The van der Waals surface area contributed by atoms with Crippen molar-refractivity contribution in [1.29, 1.82) is 0 Å². The lowest BCUT2D eigenvalue weighted by Crippen LogP contribution is -2.51. The summed E-state index contributed by atoms with van der Waals surface area (Å²) in [5, 5.41) is 4.66. The molecule has 0 spiro atoms. The van der Waals surface area contributed by atoms with Crippen LogP contribution in [0.25, 0.3) is 22.2 Å². The van der Waals surface area contributed by atoms with E-state index in [1.54, 1.807) is 26.4 Å². The van der Waals surface area contributed by atoms with Crippen LogP contribution in [0, 0.1) is 5.41 Å². The number of hydrogen-bond donors (Lipinski definition) is 3. The summed E-state index contributed by atoms with van der Waals surface area (Å²) in [6.07, 6.45) is 6.37. The first-order valence-corrected chi connectivity index (χ1v) is 19.4. The number of carbonyl (C=O) groups excluding carboxylic acids is 2. The van der Waals surface area contributed by atoms with Gasteiger partial charge in [0, 0.05) is 67.2 Å². The summed E-state index contributed by atoms with van der Waals surface area (Å²) in [5.74, 6) is 1.32. The average Bonchev–Trinajstić information content (AvgIpc) is 3.84. The highest BCUT2D eigenvalue weighted by Gasteiger charge is 2.64. The standard InChI is InChI=1S/C39H45N5O6S/c1-40-51(47,48)42-37(45)26-11-15-30-34(19-26)44-23-39(38(46)43-18-17-41-33(22-43)24-9-12-27(49-2)13-10-24)21-32(39)31-20-28(50-3)14-16-29(31)36(44)35(30)25-7-5-4-6-8-25/h9-16,19-20,25,32-33,40-41H,4-8,17-18,21-23H2,1-3H3,(H,42,45). The molecule has 3 unspecified atom stereocenters. The third kappa shape index (κ3) is 5.87. The zero-order valence-corrected chi connectivity index (χ0v) is 30.1. The molecule has 3 N–H and O–H groups in total. The molecule has 4 aliphatic rings. The van der Waals surface area contributed by atoms with Gasteiger partial charge in [0.1, 0.15) is 11.5 Å². The second-order valence-electron chi connectivity index (χ2n) is 14.5. The number of rotatable bonds is 8. The number of fused-ring (bicyclic) bond motifs is 7. The Bertz CT molecular complexity index is 2120. The van der Waals surface area contributed by atoms with Crippen LogP contribution in [0.1, 0.15) is 83.5 Å². The van der Waals surface area contributed by atoms with Crippen LogP contribution in [0.2, 0.25) is 0 Å². The number of nitrogens with zero attached hydrogens (tertiary/aromatic N) is 2. The third-order valence-electron chi connectivity index (χ3n) is 11.7. The second kappa shape index (κ2) is 13.0. The summed E-state index contributed by atoms with van der Waals surface area (Å²) in [7, 11) is 0.593. The summed E-state index contributed by atoms with van der Waals surface area (Å²) in [5.41, 5.74) is 6.10. The fourth-order valence-corrected chi connectivity index (χ4v) is 9.43. The van der Waals surface area contributed by atoms with E-state index in [9.17, 15) is 13.2 Å². The normalized spacial score (nSPS) is 23.1. The van der Waals surface area contributed by atoms with Gasteiger partial charge in [-0.1, -0.05) is 37.5 Å². The monoisotopic (exact) mass is 711 g/mol. The second-order valence-corrected chi connectivity index (χ2v) is 16.1. The number of methoxy groups -OCH3 is 2. The maximum absolute atomic E-state index is 15.0. The van der Waals surface area contributed by atoms with Gasteiger partial charge in [0.2, 0.25) is 5.91 Å². The summed E-state index contributed by atoms with van der Waals surface area (Å²) in [6, 6.07) is 19.8. The number of nitrogens with one attached hydrogen (secondary N) is 3. The van der Waals surface area contributed by atoms with Crippen LogP contribution in [0.4, 0.5) is 0 Å². The third-order valence-corrected chi connectivity index (χ3v) is 12.7. The van der Waals surface area contributed by atoms with Crippen molar-refractivity contribution in [3.63, 3.8) is 0 Å². The van der Waals surface area contributed by atoms with E-state index in [1.165, 1.54) is 19.0 Å². The fourth-order valence-electron chi connectivity index (χ4n) is 8.96. The molecule has 268 valence electrons. The molecule has 1 aromatic heterocycles. The van der Waals surface area contributed by atoms with E-state index in [1.807, 2.05) is 29.2 Å². The first-order chi connectivity index (χ1) is 24.7. The maximum Gasteiger partial charge on any atom is 0.301 e. The number of carbonyl (C=O) groups is 2. The predicted octanol–water partition coefficient (Wildman–Crippen LogP) is 5.23. The SMILES string of the molecule is CNS(=O)(=O)NC(=O)c1ccc2c(C3CCCCC3)c3n(c2c1)CC1(C(=O)N2CCNC(c4ccc(OC)cc4)C2)CC1c1cc(OC)ccc1-3. The smallest absolute Gasteiger partial charge is 0.301 e. The van der Waals surface area contributed by atoms with Gasteiger partial charge in [-0.25, -0.2) is 9.44 Å². The molecule has 51 heavy (non-hydrogen) atoms. The molecular formula is C39H45N5O6S. The molecule has 8 rings (SSSR count). The minimum absolute atomic E-state index is 0.00352. The minimum atomic E-state index is -4.00. The molecule has 3 aromatic carbocycles. The molecule has 3 fully saturated rings. The molecule has 0 bridgehead atoms. The highest BCUT2D eigenvalue weighted by atomic mass is 32.2. The van der Waals surface area contributed by atoms with E-state index < -0.39 is 21.5 Å². The Morgan fingerprint density at radius 3 is 2.41 bits per heavy atom. The first-order valence-electron chi connectivity index (χ1n) is 17.9. The summed E-state index contributed by atoms with van der Waals surface area (Å²) in [6.45, 7) is 2.32. The van der Waals surface area contributed by atoms with Gasteiger partial charge in [-0.15, -0.1) is 0 Å². The molecule has 3 atom stereocenters. The number of hydrogen-bond acceptors (Lipinski definition) is 7.